The molecule has 0 aromatic heterocycles. The summed E-state index contributed by atoms with van der Waals surface area (Å²) in [6, 6.07) is -3.34. The molecule has 3 saturated heterocycles. The van der Waals surface area contributed by atoms with Gasteiger partial charge in [-0.25, -0.2) is 4.99 Å². The van der Waals surface area contributed by atoms with Gasteiger partial charge in [0.15, 0.2) is 42.7 Å². The topological polar surface area (TPSA) is 393 Å². The second-order valence-corrected chi connectivity index (χ2v) is 12.6. The fourth-order valence-corrected chi connectivity index (χ4v) is 6.59. The smallest absolute Gasteiger partial charge is 0.188 e. The standard InChI is InChI=1S/C27H49N7O16/c1-7-27(44,6-37)21(24(45-7)48-19-9(34-26(30)31)3-8(33-25(28)29)13(38)17(19)42)50-22-12(32-2)15(40)20(11(5-36)47-22)49-23-18(43)16(41)14(39)10(4-35)46-23/h6-24,32,35-36,38-44H,3-5H2,1-2H3,(H4,28,29,33)(H4,30,31,34). The van der Waals surface area contributed by atoms with Crippen molar-refractivity contribution < 1.29 is 79.2 Å². The quantitative estimate of drug-likeness (QED) is 0.0504. The molecular formula is C27H49N7O16. The average molecular weight is 728 g/mol. The third-order valence-electron chi connectivity index (χ3n) is 9.41. The van der Waals surface area contributed by atoms with Crippen LogP contribution in [0.15, 0.2) is 4.99 Å². The zero-order chi connectivity index (χ0) is 37.2. The first kappa shape index (κ1) is 40.3. The molecule has 4 rings (SSSR count). The first-order chi connectivity index (χ1) is 23.5. The molecule has 19 atom stereocenters. The number of aliphatic hydroxyl groups is 9. The zero-order valence-corrected chi connectivity index (χ0v) is 27.2. The van der Waals surface area contributed by atoms with Gasteiger partial charge in [-0.2, -0.15) is 0 Å². The summed E-state index contributed by atoms with van der Waals surface area (Å²) in [6.45, 7) is -0.253. The number of guanidine groups is 2. The maximum absolute atomic E-state index is 12.3. The second-order valence-electron chi connectivity index (χ2n) is 12.6. The molecule has 0 amide bonds. The number of aliphatic imine (C=N–C) groups is 1. The van der Waals surface area contributed by atoms with E-state index in [1.807, 2.05) is 0 Å². The molecule has 1 aliphatic carbocycles. The molecule has 3 aliphatic heterocycles. The number of rotatable bonds is 12. The first-order valence-corrected chi connectivity index (χ1v) is 15.8. The average Bonchev–Trinajstić information content (AvgIpc) is 3.30. The number of hydrogen-bond acceptors (Lipinski definition) is 19. The zero-order valence-electron chi connectivity index (χ0n) is 27.2. The Bertz CT molecular complexity index is 1190. The van der Waals surface area contributed by atoms with Crippen LogP contribution in [0.4, 0.5) is 0 Å². The van der Waals surface area contributed by atoms with Crippen LogP contribution in [-0.2, 0) is 33.2 Å². The number of likely N-dealkylation sites (N-methyl/N-ethyl adjacent to an activating group) is 1. The molecule has 19 unspecified atom stereocenters. The summed E-state index contributed by atoms with van der Waals surface area (Å²) in [5.74, 6) is -0.916. The summed E-state index contributed by atoms with van der Waals surface area (Å²) >= 11 is 0. The van der Waals surface area contributed by atoms with E-state index in [2.05, 4.69) is 15.6 Å². The number of aldehydes is 1. The number of nitrogens with zero attached hydrogens (tertiary/aromatic N) is 1. The number of nitrogens with two attached hydrogens (primary N) is 3. The lowest BCUT2D eigenvalue weighted by molar-refractivity contribution is -0.357. The summed E-state index contributed by atoms with van der Waals surface area (Å²) in [7, 11) is 1.39. The van der Waals surface area contributed by atoms with Crippen LogP contribution in [0.1, 0.15) is 13.3 Å². The number of carbonyl (C=O) groups excluding carboxylic acids is 1. The minimum Gasteiger partial charge on any atom is -0.394 e. The first-order valence-electron chi connectivity index (χ1n) is 15.8. The maximum atomic E-state index is 12.3. The normalized spacial score (nSPS) is 48.1. The molecule has 4 fully saturated rings. The highest BCUT2D eigenvalue weighted by molar-refractivity contribution is 5.76. The Kier molecular flexibility index (Phi) is 13.3. The number of nitrogens with one attached hydrogen (secondary N) is 3. The van der Waals surface area contributed by atoms with Gasteiger partial charge in [0.05, 0.1) is 37.4 Å². The van der Waals surface area contributed by atoms with Crippen LogP contribution < -0.4 is 27.8 Å². The Hall–Kier alpha value is -2.43. The van der Waals surface area contributed by atoms with Crippen LogP contribution in [0.3, 0.4) is 0 Å². The predicted octanol–water partition coefficient (Wildman–Crippen LogP) is -9.10. The van der Waals surface area contributed by atoms with E-state index < -0.39 is 135 Å². The van der Waals surface area contributed by atoms with Crippen LogP contribution in [0.25, 0.3) is 0 Å². The van der Waals surface area contributed by atoms with E-state index >= 15 is 0 Å². The van der Waals surface area contributed by atoms with Gasteiger partial charge in [-0.15, -0.1) is 0 Å². The van der Waals surface area contributed by atoms with E-state index in [-0.39, 0.29) is 18.7 Å². The maximum Gasteiger partial charge on any atom is 0.188 e. The van der Waals surface area contributed by atoms with Crippen molar-refractivity contribution >= 4 is 18.2 Å². The summed E-state index contributed by atoms with van der Waals surface area (Å²) in [4.78, 5) is 16.2. The van der Waals surface area contributed by atoms with Crippen molar-refractivity contribution in [3.05, 3.63) is 0 Å². The highest BCUT2D eigenvalue weighted by Crippen LogP contribution is 2.38. The molecule has 23 nitrogen and oxygen atoms in total. The molecule has 50 heavy (non-hydrogen) atoms. The van der Waals surface area contributed by atoms with Crippen molar-refractivity contribution in [2.45, 2.75) is 129 Å². The molecule has 0 bridgehead atoms. The Morgan fingerprint density at radius 3 is 2.04 bits per heavy atom. The molecule has 0 aromatic rings. The lowest BCUT2D eigenvalue weighted by Gasteiger charge is -2.48. The van der Waals surface area contributed by atoms with Gasteiger partial charge >= 0.3 is 0 Å². The number of aliphatic hydroxyl groups excluding tert-OH is 8. The molecule has 0 radical (unpaired) electrons. The minimum absolute atomic E-state index is 0.111. The summed E-state index contributed by atoms with van der Waals surface area (Å²) in [6.07, 6.45) is -24.0. The molecule has 0 spiro atoms. The molecule has 4 aliphatic rings. The van der Waals surface area contributed by atoms with Crippen LogP contribution in [0.5, 0.6) is 0 Å². The van der Waals surface area contributed by atoms with Gasteiger partial charge in [-0.05, 0) is 20.4 Å². The van der Waals surface area contributed by atoms with Gasteiger partial charge < -0.3 is 102 Å². The molecule has 18 N–H and O–H groups in total. The van der Waals surface area contributed by atoms with Gasteiger partial charge in [-0.1, -0.05) is 0 Å². The largest absolute Gasteiger partial charge is 0.394 e. The lowest BCUT2D eigenvalue weighted by atomic mass is 9.83. The van der Waals surface area contributed by atoms with Gasteiger partial charge in [0, 0.05) is 0 Å². The van der Waals surface area contributed by atoms with Gasteiger partial charge in [0.25, 0.3) is 0 Å². The van der Waals surface area contributed by atoms with Crippen LogP contribution in [-0.4, -0.2) is 200 Å². The fraction of sp³-hybridized carbons (Fsp3) is 0.889. The van der Waals surface area contributed by atoms with Crippen molar-refractivity contribution in [1.82, 2.24) is 10.6 Å². The Labute approximate surface area is 285 Å². The number of hydrogen-bond donors (Lipinski definition) is 15. The Morgan fingerprint density at radius 1 is 0.860 bits per heavy atom. The van der Waals surface area contributed by atoms with Crippen molar-refractivity contribution in [3.63, 3.8) is 0 Å². The predicted molar refractivity (Wildman–Crippen MR) is 163 cm³/mol. The van der Waals surface area contributed by atoms with Crippen molar-refractivity contribution in [2.24, 2.45) is 22.2 Å². The summed E-state index contributed by atoms with van der Waals surface area (Å²) < 4.78 is 34.8. The van der Waals surface area contributed by atoms with E-state index in [4.69, 9.17) is 51.0 Å². The molecule has 1 saturated carbocycles. The fourth-order valence-electron chi connectivity index (χ4n) is 6.59. The summed E-state index contributed by atoms with van der Waals surface area (Å²) in [5, 5.41) is 108. The van der Waals surface area contributed by atoms with Crippen molar-refractivity contribution in [2.75, 3.05) is 20.3 Å². The van der Waals surface area contributed by atoms with Gasteiger partial charge in [0.2, 0.25) is 0 Å². The van der Waals surface area contributed by atoms with Crippen LogP contribution in [0, 0.1) is 5.41 Å². The molecule has 3 heterocycles. The second kappa shape index (κ2) is 16.5. The van der Waals surface area contributed by atoms with Crippen LogP contribution >= 0.6 is 0 Å². The molecule has 288 valence electrons. The van der Waals surface area contributed by atoms with E-state index in [0.717, 1.165) is 0 Å². The van der Waals surface area contributed by atoms with E-state index in [9.17, 15) is 50.8 Å². The van der Waals surface area contributed by atoms with E-state index in [1.54, 1.807) is 0 Å². The van der Waals surface area contributed by atoms with E-state index in [0.29, 0.717) is 0 Å². The van der Waals surface area contributed by atoms with Gasteiger partial charge in [-0.3, -0.25) is 10.2 Å². The number of ether oxygens (including phenoxy) is 6. The Balaban J connectivity index is 1.58. The highest BCUT2D eigenvalue weighted by atomic mass is 16.8. The van der Waals surface area contributed by atoms with Crippen molar-refractivity contribution in [1.29, 1.82) is 5.41 Å². The van der Waals surface area contributed by atoms with Crippen molar-refractivity contribution in [3.8, 4) is 0 Å². The highest BCUT2D eigenvalue weighted by Gasteiger charge is 2.60. The minimum atomic E-state index is -2.43. The lowest BCUT2D eigenvalue weighted by Crippen LogP contribution is -2.68. The molecular weight excluding hydrogens is 678 g/mol. The Morgan fingerprint density at radius 2 is 1.48 bits per heavy atom. The SMILES string of the molecule is CNC1C(OC2C(OC3C(NC(=N)N)CC(N=C(N)N)C(O)C3O)OC(C)C2(O)C=O)OC(CO)C(OC2OC(CO)C(O)C(O)C2O)C1O. The van der Waals surface area contributed by atoms with Gasteiger partial charge in [0.1, 0.15) is 67.1 Å². The third-order valence-corrected chi connectivity index (χ3v) is 9.41. The molecule has 23 heteroatoms. The number of carbonyl (C=O) groups is 1. The molecule has 0 aromatic carbocycles. The van der Waals surface area contributed by atoms with E-state index in [1.165, 1.54) is 14.0 Å². The monoisotopic (exact) mass is 727 g/mol. The summed E-state index contributed by atoms with van der Waals surface area (Å²) in [5.41, 5.74) is 14.0. The van der Waals surface area contributed by atoms with Crippen LogP contribution in [0.2, 0.25) is 0 Å². The third kappa shape index (κ3) is 7.97.